The van der Waals surface area contributed by atoms with Gasteiger partial charge in [0.15, 0.2) is 5.78 Å². The molecule has 2 aliphatic rings. The number of benzene rings is 1. The Balaban J connectivity index is 2.03. The van der Waals surface area contributed by atoms with Gasteiger partial charge >= 0.3 is 5.97 Å². The number of ether oxygens (including phenoxy) is 3. The number of carbonyl (C=O) groups is 2. The largest absolute Gasteiger partial charge is 0.507 e. The molecule has 26 heavy (non-hydrogen) atoms. The number of hydrogen-bond acceptors (Lipinski definition) is 6. The molecule has 0 saturated carbocycles. The molecule has 3 rings (SSSR count). The Labute approximate surface area is 156 Å². The first-order valence-electron chi connectivity index (χ1n) is 8.23. The average molecular weight is 379 g/mol. The molecule has 0 spiro atoms. The number of aromatic hydroxyl groups is 1. The lowest BCUT2D eigenvalue weighted by Crippen LogP contribution is -2.20. The van der Waals surface area contributed by atoms with Crippen molar-refractivity contribution in [3.63, 3.8) is 0 Å². The second kappa shape index (κ2) is 7.51. The number of ketones is 1. The number of halogens is 1. The number of cyclic esters (lactones) is 1. The van der Waals surface area contributed by atoms with Crippen LogP contribution in [-0.2, 0) is 20.7 Å². The van der Waals surface area contributed by atoms with E-state index in [4.69, 9.17) is 25.8 Å². The highest BCUT2D eigenvalue weighted by Crippen LogP contribution is 2.38. The number of fused-ring (bicyclic) bond motifs is 2. The molecule has 0 amide bonds. The Morgan fingerprint density at radius 3 is 2.81 bits per heavy atom. The minimum atomic E-state index is -0.740. The molecule has 0 aliphatic carbocycles. The molecule has 3 atom stereocenters. The number of epoxide rings is 1. The first kappa shape index (κ1) is 18.5. The van der Waals surface area contributed by atoms with Gasteiger partial charge < -0.3 is 19.3 Å². The van der Waals surface area contributed by atoms with E-state index in [2.05, 4.69) is 0 Å². The SMILES string of the molecule is COc1cc(O)c2c(c1Cl)CC(=O)/C=C/C=C/[C@H]1O[C@@H]1C[C@@H](C)OC2=O. The van der Waals surface area contributed by atoms with Gasteiger partial charge in [-0.1, -0.05) is 29.8 Å². The Bertz CT molecular complexity index is 798. The number of phenols is 1. The highest BCUT2D eigenvalue weighted by molar-refractivity contribution is 6.33. The summed E-state index contributed by atoms with van der Waals surface area (Å²) < 4.78 is 16.0. The number of hydrogen-bond donors (Lipinski definition) is 1. The van der Waals surface area contributed by atoms with Crippen LogP contribution in [0.2, 0.25) is 5.02 Å². The molecule has 138 valence electrons. The lowest BCUT2D eigenvalue weighted by Gasteiger charge is -2.17. The summed E-state index contributed by atoms with van der Waals surface area (Å²) in [6.45, 7) is 1.75. The quantitative estimate of drug-likeness (QED) is 0.597. The molecule has 0 bridgehead atoms. The summed E-state index contributed by atoms with van der Waals surface area (Å²) in [4.78, 5) is 24.9. The highest BCUT2D eigenvalue weighted by Gasteiger charge is 2.38. The van der Waals surface area contributed by atoms with Crippen LogP contribution in [0.4, 0.5) is 0 Å². The van der Waals surface area contributed by atoms with E-state index in [9.17, 15) is 14.7 Å². The van der Waals surface area contributed by atoms with Crippen molar-refractivity contribution in [1.82, 2.24) is 0 Å². The summed E-state index contributed by atoms with van der Waals surface area (Å²) in [5.74, 6) is -1.19. The van der Waals surface area contributed by atoms with Crippen LogP contribution in [0.3, 0.4) is 0 Å². The molecular formula is C19H19ClO6. The zero-order chi connectivity index (χ0) is 18.8. The predicted octanol–water partition coefficient (Wildman–Crippen LogP) is 2.99. The van der Waals surface area contributed by atoms with Crippen LogP contribution in [0.5, 0.6) is 11.5 Å². The van der Waals surface area contributed by atoms with Gasteiger partial charge in [0.2, 0.25) is 0 Å². The third-order valence-corrected chi connectivity index (χ3v) is 4.68. The number of esters is 1. The van der Waals surface area contributed by atoms with Gasteiger partial charge in [-0.25, -0.2) is 4.79 Å². The number of allylic oxidation sites excluding steroid dienone is 3. The minimum absolute atomic E-state index is 0.0337. The van der Waals surface area contributed by atoms with Crippen molar-refractivity contribution in [2.45, 2.75) is 38.1 Å². The Kier molecular flexibility index (Phi) is 5.34. The van der Waals surface area contributed by atoms with Gasteiger partial charge in [-0.3, -0.25) is 4.79 Å². The van der Waals surface area contributed by atoms with E-state index in [1.54, 1.807) is 19.1 Å². The molecule has 1 fully saturated rings. The van der Waals surface area contributed by atoms with Gasteiger partial charge in [0.25, 0.3) is 0 Å². The molecular weight excluding hydrogens is 360 g/mol. The normalized spacial score (nSPS) is 28.2. The number of rotatable bonds is 1. The summed E-state index contributed by atoms with van der Waals surface area (Å²) in [5.41, 5.74) is 0.0576. The smallest absolute Gasteiger partial charge is 0.342 e. The average Bonchev–Trinajstić information content (AvgIpc) is 3.31. The number of methoxy groups -OCH3 is 1. The van der Waals surface area contributed by atoms with Crippen molar-refractivity contribution in [2.24, 2.45) is 0 Å². The zero-order valence-electron chi connectivity index (χ0n) is 14.4. The lowest BCUT2D eigenvalue weighted by atomic mass is 9.99. The second-order valence-electron chi connectivity index (χ2n) is 6.24. The van der Waals surface area contributed by atoms with Crippen LogP contribution in [0.25, 0.3) is 0 Å². The Morgan fingerprint density at radius 1 is 1.31 bits per heavy atom. The van der Waals surface area contributed by atoms with Crippen LogP contribution < -0.4 is 4.74 Å². The number of carbonyl (C=O) groups excluding carboxylic acids is 2. The van der Waals surface area contributed by atoms with Crippen molar-refractivity contribution in [3.05, 3.63) is 46.5 Å². The van der Waals surface area contributed by atoms with E-state index in [0.29, 0.717) is 6.42 Å². The Morgan fingerprint density at radius 2 is 2.08 bits per heavy atom. The first-order valence-corrected chi connectivity index (χ1v) is 8.61. The molecule has 1 aromatic carbocycles. The zero-order valence-corrected chi connectivity index (χ0v) is 15.2. The van der Waals surface area contributed by atoms with Gasteiger partial charge in [0, 0.05) is 24.5 Å². The fraction of sp³-hybridized carbons (Fsp3) is 0.368. The number of phenolic OH excluding ortho intramolecular Hbond substituents is 1. The maximum Gasteiger partial charge on any atom is 0.342 e. The van der Waals surface area contributed by atoms with Crippen LogP contribution >= 0.6 is 11.6 Å². The molecule has 1 N–H and O–H groups in total. The van der Waals surface area contributed by atoms with Crippen molar-refractivity contribution >= 4 is 23.4 Å². The lowest BCUT2D eigenvalue weighted by molar-refractivity contribution is -0.114. The highest BCUT2D eigenvalue weighted by atomic mass is 35.5. The van der Waals surface area contributed by atoms with E-state index in [-0.39, 0.29) is 52.1 Å². The molecule has 6 nitrogen and oxygen atoms in total. The summed E-state index contributed by atoms with van der Waals surface area (Å²) in [6, 6.07) is 1.24. The Hall–Kier alpha value is -2.31. The maximum absolute atomic E-state index is 12.6. The van der Waals surface area contributed by atoms with Crippen LogP contribution in [-0.4, -0.2) is 42.3 Å². The molecule has 0 aromatic heterocycles. The second-order valence-corrected chi connectivity index (χ2v) is 6.62. The van der Waals surface area contributed by atoms with Gasteiger partial charge in [0.05, 0.1) is 18.2 Å². The van der Waals surface area contributed by atoms with E-state index < -0.39 is 12.1 Å². The predicted molar refractivity (Wildman–Crippen MR) is 94.8 cm³/mol. The van der Waals surface area contributed by atoms with E-state index in [1.807, 2.05) is 6.08 Å². The summed E-state index contributed by atoms with van der Waals surface area (Å²) in [7, 11) is 1.38. The standard InChI is InChI=1S/C19H19ClO6/c1-10-7-15-14(26-15)6-4-3-5-11(21)8-12-17(19(23)25-10)13(22)9-16(24-2)18(12)20/h3-6,9-10,14-15,22H,7-8H2,1-2H3/b5-3+,6-4+/t10-,14-,15-/m1/s1. The summed E-state index contributed by atoms with van der Waals surface area (Å²) in [6.07, 6.45) is 6.45. The minimum Gasteiger partial charge on any atom is -0.507 e. The fourth-order valence-corrected chi connectivity index (χ4v) is 3.21. The third-order valence-electron chi connectivity index (χ3n) is 4.27. The van der Waals surface area contributed by atoms with Gasteiger partial charge in [-0.15, -0.1) is 0 Å². The topological polar surface area (TPSA) is 85.4 Å². The maximum atomic E-state index is 12.6. The van der Waals surface area contributed by atoms with Crippen molar-refractivity contribution in [2.75, 3.05) is 7.11 Å². The van der Waals surface area contributed by atoms with Crippen LogP contribution in [0.15, 0.2) is 30.4 Å². The van der Waals surface area contributed by atoms with Crippen molar-refractivity contribution < 1.29 is 28.9 Å². The van der Waals surface area contributed by atoms with Gasteiger partial charge in [-0.05, 0) is 13.0 Å². The van der Waals surface area contributed by atoms with Crippen LogP contribution in [0.1, 0.15) is 29.3 Å². The van der Waals surface area contributed by atoms with E-state index in [0.717, 1.165) is 0 Å². The summed E-state index contributed by atoms with van der Waals surface area (Å²) in [5, 5.41) is 10.4. The molecule has 7 heteroatoms. The third kappa shape index (κ3) is 3.92. The van der Waals surface area contributed by atoms with E-state index >= 15 is 0 Å². The van der Waals surface area contributed by atoms with Gasteiger partial charge in [-0.2, -0.15) is 0 Å². The molecule has 1 aromatic rings. The monoisotopic (exact) mass is 378 g/mol. The van der Waals surface area contributed by atoms with Gasteiger partial charge in [0.1, 0.15) is 29.3 Å². The summed E-state index contributed by atoms with van der Waals surface area (Å²) >= 11 is 6.29. The molecule has 2 aliphatic heterocycles. The molecule has 0 radical (unpaired) electrons. The fourth-order valence-electron chi connectivity index (χ4n) is 2.92. The van der Waals surface area contributed by atoms with E-state index in [1.165, 1.54) is 19.3 Å². The van der Waals surface area contributed by atoms with Crippen molar-refractivity contribution in [1.29, 1.82) is 0 Å². The first-order chi connectivity index (χ1) is 12.4. The van der Waals surface area contributed by atoms with Crippen molar-refractivity contribution in [3.8, 4) is 11.5 Å². The molecule has 0 unspecified atom stereocenters. The van der Waals surface area contributed by atoms with Crippen LogP contribution in [0, 0.1) is 0 Å². The molecule has 1 saturated heterocycles. The molecule has 2 heterocycles.